The number of fused-ring (bicyclic) bond motifs is 2. The molecule has 2 saturated heterocycles. The van der Waals surface area contributed by atoms with Gasteiger partial charge in [0.05, 0.1) is 30.7 Å². The number of nitrogens with one attached hydrogen (secondary N) is 4. The molecule has 12 nitrogen and oxygen atoms in total. The standard InChI is InChI=1S/C38H39ClN6O4.C2H5NO/c1-24(49-23-25-8-4-2-5-9-25)17-41-37(47)32-22-44(36(46)14-27-18-40-34-15-29(39)12-13-30(27)34)19-28-20-45(21-31(28)32)38(48)35-16-33(42-43-35)26-10-6-3-7-11-26;1-3-2-4/h2-13,15-16,18,24,28,31-32,40H,14,17,19-23H2,1H3,(H,41,47)(H,42,43);2H,1H3,(H,3,4). The molecule has 4 unspecified atom stereocenters. The summed E-state index contributed by atoms with van der Waals surface area (Å²) in [5.74, 6) is -0.987. The normalized spacial score (nSPS) is 18.4. The van der Waals surface area contributed by atoms with E-state index in [1.165, 1.54) is 0 Å². The van der Waals surface area contributed by atoms with Gasteiger partial charge in [0.2, 0.25) is 18.2 Å². The molecule has 4 amide bonds. The molecule has 0 bridgehead atoms. The first kappa shape index (κ1) is 37.3. The molecule has 3 aromatic carbocycles. The molecule has 13 heteroatoms. The fraction of sp³-hybridized carbons (Fsp3) is 0.325. The third-order valence-electron chi connectivity index (χ3n) is 9.87. The van der Waals surface area contributed by atoms with E-state index in [1.807, 2.05) is 92.0 Å². The number of nitrogens with zero attached hydrogens (tertiary/aromatic N) is 3. The van der Waals surface area contributed by atoms with Crippen LogP contribution in [0.3, 0.4) is 0 Å². The summed E-state index contributed by atoms with van der Waals surface area (Å²) in [6.07, 6.45) is 2.45. The number of aromatic nitrogens is 3. The summed E-state index contributed by atoms with van der Waals surface area (Å²) in [5, 5.41) is 14.2. The van der Waals surface area contributed by atoms with E-state index in [0.717, 1.165) is 27.6 Å². The summed E-state index contributed by atoms with van der Waals surface area (Å²) in [7, 11) is 1.56. The maximum Gasteiger partial charge on any atom is 0.271 e. The van der Waals surface area contributed by atoms with Crippen LogP contribution in [0.5, 0.6) is 0 Å². The fourth-order valence-electron chi connectivity index (χ4n) is 7.11. The van der Waals surface area contributed by atoms with Crippen LogP contribution in [0, 0.1) is 17.8 Å². The van der Waals surface area contributed by atoms with Crippen LogP contribution in [0.15, 0.2) is 91.1 Å². The maximum absolute atomic E-state index is 13.9. The molecule has 2 fully saturated rings. The Hall–Kier alpha value is -5.46. The van der Waals surface area contributed by atoms with Gasteiger partial charge in [-0.1, -0.05) is 78.3 Å². The van der Waals surface area contributed by atoms with Gasteiger partial charge in [0, 0.05) is 67.5 Å². The molecule has 276 valence electrons. The molecule has 0 spiro atoms. The van der Waals surface area contributed by atoms with Crippen LogP contribution in [-0.4, -0.2) is 95.0 Å². The van der Waals surface area contributed by atoms with Crippen molar-refractivity contribution in [3.8, 4) is 11.3 Å². The predicted molar refractivity (Wildman–Crippen MR) is 203 cm³/mol. The lowest BCUT2D eigenvalue weighted by atomic mass is 9.79. The van der Waals surface area contributed by atoms with Crippen molar-refractivity contribution in [3.63, 3.8) is 0 Å². The zero-order valence-electron chi connectivity index (χ0n) is 29.8. The van der Waals surface area contributed by atoms with Crippen LogP contribution in [0.2, 0.25) is 5.02 Å². The van der Waals surface area contributed by atoms with Crippen molar-refractivity contribution in [1.82, 2.24) is 35.6 Å². The van der Waals surface area contributed by atoms with Gasteiger partial charge in [-0.15, -0.1) is 0 Å². The lowest BCUT2D eigenvalue weighted by Gasteiger charge is -2.39. The van der Waals surface area contributed by atoms with Gasteiger partial charge < -0.3 is 30.2 Å². The number of ether oxygens (including phenoxy) is 1. The van der Waals surface area contributed by atoms with E-state index in [1.54, 1.807) is 22.9 Å². The molecule has 4 heterocycles. The van der Waals surface area contributed by atoms with Crippen molar-refractivity contribution >= 4 is 46.6 Å². The number of benzene rings is 3. The molecule has 7 rings (SSSR count). The second-order valence-electron chi connectivity index (χ2n) is 13.5. The Balaban J connectivity index is 0.00000114. The van der Waals surface area contributed by atoms with Crippen molar-refractivity contribution in [2.24, 2.45) is 17.8 Å². The first-order chi connectivity index (χ1) is 25.7. The number of hydrogen-bond donors (Lipinski definition) is 4. The van der Waals surface area contributed by atoms with Crippen LogP contribution < -0.4 is 10.6 Å². The fourth-order valence-corrected chi connectivity index (χ4v) is 7.28. The average molecular weight is 738 g/mol. The molecular weight excluding hydrogens is 694 g/mol. The Bertz CT molecular complexity index is 2020. The average Bonchev–Trinajstić information content (AvgIpc) is 3.95. The largest absolute Gasteiger partial charge is 0.372 e. The maximum atomic E-state index is 13.9. The highest BCUT2D eigenvalue weighted by Gasteiger charge is 2.48. The smallest absolute Gasteiger partial charge is 0.271 e. The monoisotopic (exact) mass is 737 g/mol. The Morgan fingerprint density at radius 2 is 1.70 bits per heavy atom. The lowest BCUT2D eigenvalue weighted by Crippen LogP contribution is -2.54. The van der Waals surface area contributed by atoms with Crippen molar-refractivity contribution in [2.45, 2.75) is 26.1 Å². The molecule has 0 aliphatic carbocycles. The Labute approximate surface area is 313 Å². The summed E-state index contributed by atoms with van der Waals surface area (Å²) in [4.78, 5) is 57.3. The van der Waals surface area contributed by atoms with Crippen LogP contribution in [0.25, 0.3) is 22.2 Å². The first-order valence-electron chi connectivity index (χ1n) is 17.7. The van der Waals surface area contributed by atoms with Crippen molar-refractivity contribution in [3.05, 3.63) is 113 Å². The number of aromatic amines is 2. The molecule has 53 heavy (non-hydrogen) atoms. The van der Waals surface area contributed by atoms with Crippen LogP contribution >= 0.6 is 11.6 Å². The molecule has 0 saturated carbocycles. The van der Waals surface area contributed by atoms with Crippen LogP contribution in [0.4, 0.5) is 0 Å². The van der Waals surface area contributed by atoms with E-state index >= 15 is 0 Å². The molecule has 2 aromatic heterocycles. The number of halogens is 1. The zero-order valence-corrected chi connectivity index (χ0v) is 30.5. The summed E-state index contributed by atoms with van der Waals surface area (Å²) in [6, 6.07) is 26.9. The number of likely N-dealkylation sites (tertiary alicyclic amines) is 2. The Kier molecular flexibility index (Phi) is 12.2. The third kappa shape index (κ3) is 9.13. The minimum Gasteiger partial charge on any atom is -0.372 e. The van der Waals surface area contributed by atoms with Crippen molar-refractivity contribution in [1.29, 1.82) is 0 Å². The van der Waals surface area contributed by atoms with E-state index < -0.39 is 5.92 Å². The van der Waals surface area contributed by atoms with Gasteiger partial charge in [-0.2, -0.15) is 5.10 Å². The van der Waals surface area contributed by atoms with Crippen molar-refractivity contribution in [2.75, 3.05) is 39.8 Å². The van der Waals surface area contributed by atoms with Gasteiger partial charge in [-0.25, -0.2) is 0 Å². The van der Waals surface area contributed by atoms with Gasteiger partial charge in [0.15, 0.2) is 0 Å². The van der Waals surface area contributed by atoms with Crippen LogP contribution in [-0.2, 0) is 32.1 Å². The minimum absolute atomic E-state index is 0.0533. The van der Waals surface area contributed by atoms with Crippen molar-refractivity contribution < 1.29 is 23.9 Å². The molecule has 0 radical (unpaired) electrons. The molecule has 5 aromatic rings. The Morgan fingerprint density at radius 3 is 2.43 bits per heavy atom. The number of H-pyrrole nitrogens is 2. The SMILES string of the molecule is CC(CNC(=O)C1CN(C(=O)Cc2c[nH]c3cc(Cl)ccc23)CC2CN(C(=O)c3cc(-c4ccccc4)n[nH]3)CC21)OCc1ccccc1.CNC=O. The number of piperidine rings is 1. The van der Waals surface area contributed by atoms with E-state index in [4.69, 9.17) is 21.1 Å². The first-order valence-corrected chi connectivity index (χ1v) is 18.1. The summed E-state index contributed by atoms with van der Waals surface area (Å²) in [5.41, 5.74) is 4.81. The lowest BCUT2D eigenvalue weighted by molar-refractivity contribution is -0.138. The summed E-state index contributed by atoms with van der Waals surface area (Å²) in [6.45, 7) is 4.34. The zero-order chi connectivity index (χ0) is 37.3. The second-order valence-corrected chi connectivity index (χ2v) is 13.9. The van der Waals surface area contributed by atoms with Gasteiger partial charge in [0.1, 0.15) is 5.69 Å². The highest BCUT2D eigenvalue weighted by Crippen LogP contribution is 2.37. The molecular formula is C40H44ClN7O5. The molecule has 4 N–H and O–H groups in total. The van der Waals surface area contributed by atoms with Gasteiger partial charge in [0.25, 0.3) is 5.91 Å². The van der Waals surface area contributed by atoms with E-state index in [0.29, 0.717) is 55.6 Å². The predicted octanol–water partition coefficient (Wildman–Crippen LogP) is 4.68. The number of amides is 4. The number of hydrogen-bond acceptors (Lipinski definition) is 6. The van der Waals surface area contributed by atoms with Crippen LogP contribution in [0.1, 0.15) is 28.5 Å². The van der Waals surface area contributed by atoms with Gasteiger partial charge in [-0.05, 0) is 48.1 Å². The van der Waals surface area contributed by atoms with E-state index in [2.05, 4.69) is 25.8 Å². The van der Waals surface area contributed by atoms with E-state index in [9.17, 15) is 14.4 Å². The summed E-state index contributed by atoms with van der Waals surface area (Å²) < 4.78 is 5.99. The van der Waals surface area contributed by atoms with E-state index in [-0.39, 0.29) is 48.6 Å². The highest BCUT2D eigenvalue weighted by molar-refractivity contribution is 6.31. The second kappa shape index (κ2) is 17.4. The minimum atomic E-state index is -0.481. The number of rotatable bonds is 11. The Morgan fingerprint density at radius 1 is 0.981 bits per heavy atom. The third-order valence-corrected chi connectivity index (χ3v) is 10.1. The number of carbonyl (C=O) groups excluding carboxylic acids is 4. The molecule has 2 aliphatic heterocycles. The molecule has 4 atom stereocenters. The van der Waals surface area contributed by atoms with Gasteiger partial charge in [-0.3, -0.25) is 24.3 Å². The topological polar surface area (TPSA) is 153 Å². The summed E-state index contributed by atoms with van der Waals surface area (Å²) >= 11 is 6.17. The highest BCUT2D eigenvalue weighted by atomic mass is 35.5. The molecule has 2 aliphatic rings. The number of carbonyl (C=O) groups is 4. The quantitative estimate of drug-likeness (QED) is 0.145. The van der Waals surface area contributed by atoms with Gasteiger partial charge >= 0.3 is 0 Å².